The summed E-state index contributed by atoms with van der Waals surface area (Å²) in [4.78, 5) is 16.6. The van der Waals surface area contributed by atoms with Gasteiger partial charge in [-0.15, -0.1) is 0 Å². The van der Waals surface area contributed by atoms with Crippen molar-refractivity contribution in [2.45, 2.75) is 13.0 Å². The van der Waals surface area contributed by atoms with Gasteiger partial charge < -0.3 is 18.6 Å². The molecule has 0 aliphatic carbocycles. The molecule has 1 aromatic heterocycles. The Morgan fingerprint density at radius 1 is 1.17 bits per heavy atom. The largest absolute Gasteiger partial charge is 0.454 e. The van der Waals surface area contributed by atoms with Crippen LogP contribution in [-0.4, -0.2) is 17.7 Å². The van der Waals surface area contributed by atoms with Gasteiger partial charge in [0, 0.05) is 0 Å². The number of hydrogen-bond donors (Lipinski definition) is 0. The van der Waals surface area contributed by atoms with Gasteiger partial charge in [0.15, 0.2) is 23.2 Å². The third-order valence-electron chi connectivity index (χ3n) is 3.55. The highest BCUT2D eigenvalue weighted by Gasteiger charge is 2.21. The van der Waals surface area contributed by atoms with E-state index in [1.165, 1.54) is 0 Å². The molecule has 2 heterocycles. The SMILES string of the molecule is C[C@H](OC(=O)c1ccc2c(c1)OCO2)c1nc2ccccc2o1. The highest BCUT2D eigenvalue weighted by atomic mass is 16.7. The van der Waals surface area contributed by atoms with Crippen molar-refractivity contribution in [1.29, 1.82) is 0 Å². The smallest absolute Gasteiger partial charge is 0.339 e. The van der Waals surface area contributed by atoms with Crippen LogP contribution in [0.25, 0.3) is 11.1 Å². The van der Waals surface area contributed by atoms with Crippen LogP contribution in [0.1, 0.15) is 29.3 Å². The second-order valence-electron chi connectivity index (χ2n) is 5.14. The van der Waals surface area contributed by atoms with Crippen molar-refractivity contribution >= 4 is 17.1 Å². The number of carbonyl (C=O) groups is 1. The molecular weight excluding hydrogens is 298 g/mol. The maximum atomic E-state index is 12.3. The number of esters is 1. The molecule has 116 valence electrons. The summed E-state index contributed by atoms with van der Waals surface area (Å²) in [6.07, 6.45) is -0.597. The van der Waals surface area contributed by atoms with Crippen molar-refractivity contribution in [3.8, 4) is 11.5 Å². The van der Waals surface area contributed by atoms with E-state index in [0.717, 1.165) is 5.52 Å². The lowest BCUT2D eigenvalue weighted by Crippen LogP contribution is -2.09. The lowest BCUT2D eigenvalue weighted by Gasteiger charge is -2.10. The molecule has 3 aromatic rings. The second kappa shape index (κ2) is 5.31. The number of fused-ring (bicyclic) bond motifs is 2. The quantitative estimate of drug-likeness (QED) is 0.690. The summed E-state index contributed by atoms with van der Waals surface area (Å²) in [7, 11) is 0. The topological polar surface area (TPSA) is 70.8 Å². The van der Waals surface area contributed by atoms with E-state index >= 15 is 0 Å². The summed E-state index contributed by atoms with van der Waals surface area (Å²) in [5.74, 6) is 1.04. The van der Waals surface area contributed by atoms with Crippen LogP contribution in [0.4, 0.5) is 0 Å². The van der Waals surface area contributed by atoms with Crippen molar-refractivity contribution in [1.82, 2.24) is 4.98 Å². The number of oxazole rings is 1. The van der Waals surface area contributed by atoms with Crippen molar-refractivity contribution < 1.29 is 23.4 Å². The molecular formula is C17H13NO5. The van der Waals surface area contributed by atoms with E-state index in [-0.39, 0.29) is 6.79 Å². The van der Waals surface area contributed by atoms with Crippen molar-refractivity contribution in [3.05, 3.63) is 53.9 Å². The van der Waals surface area contributed by atoms with Crippen molar-refractivity contribution in [2.75, 3.05) is 6.79 Å². The van der Waals surface area contributed by atoms with E-state index in [9.17, 15) is 4.79 Å². The Labute approximate surface area is 131 Å². The summed E-state index contributed by atoms with van der Waals surface area (Å²) in [6, 6.07) is 12.3. The van der Waals surface area contributed by atoms with E-state index in [1.807, 2.05) is 24.3 Å². The number of carbonyl (C=O) groups excluding carboxylic acids is 1. The molecule has 23 heavy (non-hydrogen) atoms. The van der Waals surface area contributed by atoms with Gasteiger partial charge in [-0.25, -0.2) is 9.78 Å². The number of para-hydroxylation sites is 2. The number of rotatable bonds is 3. The lowest BCUT2D eigenvalue weighted by atomic mass is 10.2. The zero-order valence-corrected chi connectivity index (χ0v) is 12.3. The van der Waals surface area contributed by atoms with E-state index in [0.29, 0.717) is 28.5 Å². The summed E-state index contributed by atoms with van der Waals surface area (Å²) >= 11 is 0. The normalized spacial score (nSPS) is 14.0. The fourth-order valence-corrected chi connectivity index (χ4v) is 2.37. The summed E-state index contributed by atoms with van der Waals surface area (Å²) in [6.45, 7) is 1.88. The molecule has 0 unspecified atom stereocenters. The molecule has 2 aromatic carbocycles. The average Bonchev–Trinajstić information content (AvgIpc) is 3.20. The predicted molar refractivity (Wildman–Crippen MR) is 80.4 cm³/mol. The van der Waals surface area contributed by atoms with Gasteiger partial charge in [-0.3, -0.25) is 0 Å². The Bertz CT molecular complexity index is 853. The van der Waals surface area contributed by atoms with Gasteiger partial charge in [-0.1, -0.05) is 12.1 Å². The first-order valence-electron chi connectivity index (χ1n) is 7.17. The Morgan fingerprint density at radius 2 is 2.00 bits per heavy atom. The maximum Gasteiger partial charge on any atom is 0.339 e. The molecule has 6 heteroatoms. The zero-order chi connectivity index (χ0) is 15.8. The van der Waals surface area contributed by atoms with E-state index in [2.05, 4.69) is 4.98 Å². The number of aromatic nitrogens is 1. The zero-order valence-electron chi connectivity index (χ0n) is 12.3. The fourth-order valence-electron chi connectivity index (χ4n) is 2.37. The molecule has 0 fully saturated rings. The van der Waals surface area contributed by atoms with Gasteiger partial charge in [0.1, 0.15) is 5.52 Å². The van der Waals surface area contributed by atoms with Gasteiger partial charge in [0.05, 0.1) is 5.56 Å². The molecule has 6 nitrogen and oxygen atoms in total. The molecule has 1 aliphatic rings. The lowest BCUT2D eigenvalue weighted by molar-refractivity contribution is 0.0282. The first-order chi connectivity index (χ1) is 11.2. The molecule has 1 atom stereocenters. The first kappa shape index (κ1) is 13.6. The molecule has 0 spiro atoms. The van der Waals surface area contributed by atoms with Crippen molar-refractivity contribution in [3.63, 3.8) is 0 Å². The number of hydrogen-bond acceptors (Lipinski definition) is 6. The molecule has 4 rings (SSSR count). The van der Waals surface area contributed by atoms with Crippen molar-refractivity contribution in [2.24, 2.45) is 0 Å². The van der Waals surface area contributed by atoms with Crippen LogP contribution >= 0.6 is 0 Å². The van der Waals surface area contributed by atoms with Crippen LogP contribution in [0.2, 0.25) is 0 Å². The summed E-state index contributed by atoms with van der Waals surface area (Å²) in [5.41, 5.74) is 1.78. The molecule has 0 saturated heterocycles. The van der Waals surface area contributed by atoms with Gasteiger partial charge in [-0.05, 0) is 37.3 Å². The summed E-state index contributed by atoms with van der Waals surface area (Å²) in [5, 5.41) is 0. The monoisotopic (exact) mass is 311 g/mol. The molecule has 1 aliphatic heterocycles. The maximum absolute atomic E-state index is 12.3. The van der Waals surface area contributed by atoms with Crippen LogP contribution in [0.3, 0.4) is 0 Å². The number of ether oxygens (including phenoxy) is 3. The van der Waals surface area contributed by atoms with Gasteiger partial charge in [0.2, 0.25) is 12.7 Å². The number of nitrogens with zero attached hydrogens (tertiary/aromatic N) is 1. The Kier molecular flexibility index (Phi) is 3.15. The minimum Gasteiger partial charge on any atom is -0.454 e. The van der Waals surface area contributed by atoms with Gasteiger partial charge >= 0.3 is 5.97 Å². The van der Waals surface area contributed by atoms with E-state index in [1.54, 1.807) is 25.1 Å². The van der Waals surface area contributed by atoms with Crippen LogP contribution < -0.4 is 9.47 Å². The first-order valence-corrected chi connectivity index (χ1v) is 7.17. The number of benzene rings is 2. The van der Waals surface area contributed by atoms with Crippen LogP contribution in [0.15, 0.2) is 46.9 Å². The third-order valence-corrected chi connectivity index (χ3v) is 3.55. The van der Waals surface area contributed by atoms with Crippen LogP contribution in [0.5, 0.6) is 11.5 Å². The molecule has 0 bridgehead atoms. The van der Waals surface area contributed by atoms with Crippen LogP contribution in [-0.2, 0) is 4.74 Å². The van der Waals surface area contributed by atoms with E-state index in [4.69, 9.17) is 18.6 Å². The minimum absolute atomic E-state index is 0.160. The molecule has 0 amide bonds. The average molecular weight is 311 g/mol. The van der Waals surface area contributed by atoms with Gasteiger partial charge in [0.25, 0.3) is 0 Å². The standard InChI is InChI=1S/C17H13NO5/c1-10(16-18-12-4-2-3-5-13(12)23-16)22-17(19)11-6-7-14-15(8-11)21-9-20-14/h2-8,10H,9H2,1H3/t10-/m0/s1. The molecule has 0 N–H and O–H groups in total. The Hall–Kier alpha value is -3.02. The second-order valence-corrected chi connectivity index (χ2v) is 5.14. The summed E-state index contributed by atoms with van der Waals surface area (Å²) < 4.78 is 21.5. The third kappa shape index (κ3) is 2.48. The highest BCUT2D eigenvalue weighted by molar-refractivity contribution is 5.90. The highest BCUT2D eigenvalue weighted by Crippen LogP contribution is 2.33. The predicted octanol–water partition coefficient (Wildman–Crippen LogP) is 3.47. The fraction of sp³-hybridized carbons (Fsp3) is 0.176. The Morgan fingerprint density at radius 3 is 2.87 bits per heavy atom. The Balaban J connectivity index is 1.53. The van der Waals surface area contributed by atoms with E-state index < -0.39 is 12.1 Å². The minimum atomic E-state index is -0.597. The van der Waals surface area contributed by atoms with Crippen LogP contribution in [0, 0.1) is 0 Å². The molecule has 0 radical (unpaired) electrons. The van der Waals surface area contributed by atoms with Gasteiger partial charge in [-0.2, -0.15) is 0 Å². The molecule has 0 saturated carbocycles.